The predicted octanol–water partition coefficient (Wildman–Crippen LogP) is 1.53. The lowest BCUT2D eigenvalue weighted by Gasteiger charge is -2.31. The van der Waals surface area contributed by atoms with Crippen molar-refractivity contribution in [3.05, 3.63) is 29.8 Å². The molecule has 7 nitrogen and oxygen atoms in total. The molecule has 0 aromatic heterocycles. The number of carboxylic acid groups (broad SMARTS) is 1. The monoisotopic (exact) mass is 348 g/mol. The van der Waals surface area contributed by atoms with Crippen molar-refractivity contribution in [2.24, 2.45) is 5.92 Å². The van der Waals surface area contributed by atoms with Crippen molar-refractivity contribution in [3.8, 4) is 5.75 Å². The van der Waals surface area contributed by atoms with E-state index in [1.54, 1.807) is 17.0 Å². The summed E-state index contributed by atoms with van der Waals surface area (Å²) in [7, 11) is 0. The number of carboxylic acids is 1. The van der Waals surface area contributed by atoms with E-state index in [0.29, 0.717) is 31.9 Å². The molecule has 1 aromatic rings. The van der Waals surface area contributed by atoms with Crippen molar-refractivity contribution in [1.29, 1.82) is 0 Å². The van der Waals surface area contributed by atoms with Crippen molar-refractivity contribution >= 4 is 17.8 Å². The Hall–Kier alpha value is -2.57. The van der Waals surface area contributed by atoms with Crippen LogP contribution in [0.4, 0.5) is 0 Å². The lowest BCUT2D eigenvalue weighted by atomic mass is 9.97. The van der Waals surface area contributed by atoms with E-state index < -0.39 is 5.97 Å². The number of carbonyl (C=O) groups is 3. The van der Waals surface area contributed by atoms with E-state index in [9.17, 15) is 14.4 Å². The van der Waals surface area contributed by atoms with Gasteiger partial charge in [0.1, 0.15) is 12.4 Å². The fraction of sp³-hybridized carbons (Fsp3) is 0.500. The van der Waals surface area contributed by atoms with E-state index in [1.165, 1.54) is 12.1 Å². The number of hydrogen-bond donors (Lipinski definition) is 2. The first-order chi connectivity index (χ1) is 12.0. The Balaban J connectivity index is 1.71. The summed E-state index contributed by atoms with van der Waals surface area (Å²) < 4.78 is 5.48. The van der Waals surface area contributed by atoms with E-state index in [0.717, 1.165) is 19.4 Å². The molecule has 0 unspecified atom stereocenters. The number of likely N-dealkylation sites (tertiary alicyclic amines) is 1. The van der Waals surface area contributed by atoms with Crippen LogP contribution in [0.1, 0.15) is 36.5 Å². The molecule has 1 heterocycles. The number of nitrogens with zero attached hydrogens (tertiary/aromatic N) is 1. The highest BCUT2D eigenvalue weighted by molar-refractivity contribution is 5.87. The van der Waals surface area contributed by atoms with Gasteiger partial charge in [0.2, 0.25) is 11.8 Å². The van der Waals surface area contributed by atoms with Crippen LogP contribution in [0.5, 0.6) is 5.75 Å². The number of rotatable bonds is 7. The molecule has 136 valence electrons. The zero-order valence-electron chi connectivity index (χ0n) is 14.4. The maximum atomic E-state index is 12.2. The normalized spacial score (nSPS) is 17.0. The molecule has 7 heteroatoms. The van der Waals surface area contributed by atoms with Crippen LogP contribution >= 0.6 is 0 Å². The molecule has 1 saturated heterocycles. The summed E-state index contributed by atoms with van der Waals surface area (Å²) in [4.78, 5) is 36.5. The highest BCUT2D eigenvalue weighted by Crippen LogP contribution is 2.17. The minimum atomic E-state index is -0.984. The minimum Gasteiger partial charge on any atom is -0.492 e. The first kappa shape index (κ1) is 18.8. The van der Waals surface area contributed by atoms with Crippen LogP contribution in [-0.2, 0) is 9.59 Å². The number of ether oxygens (including phenoxy) is 1. The summed E-state index contributed by atoms with van der Waals surface area (Å²) in [6.45, 7) is 3.69. The van der Waals surface area contributed by atoms with Gasteiger partial charge in [0.05, 0.1) is 18.0 Å². The van der Waals surface area contributed by atoms with Gasteiger partial charge in [-0.25, -0.2) is 4.79 Å². The summed E-state index contributed by atoms with van der Waals surface area (Å²) >= 11 is 0. The van der Waals surface area contributed by atoms with Crippen LogP contribution in [0.2, 0.25) is 0 Å². The number of benzene rings is 1. The summed E-state index contributed by atoms with van der Waals surface area (Å²) in [6.07, 6.45) is 2.09. The largest absolute Gasteiger partial charge is 0.492 e. The average Bonchev–Trinajstić information content (AvgIpc) is 2.64. The van der Waals surface area contributed by atoms with Gasteiger partial charge in [-0.3, -0.25) is 9.59 Å². The van der Waals surface area contributed by atoms with Crippen LogP contribution in [-0.4, -0.2) is 54.0 Å². The molecule has 2 amide bonds. The van der Waals surface area contributed by atoms with E-state index in [1.807, 2.05) is 6.92 Å². The highest BCUT2D eigenvalue weighted by atomic mass is 16.5. The second-order valence-corrected chi connectivity index (χ2v) is 6.00. The topological polar surface area (TPSA) is 95.9 Å². The van der Waals surface area contributed by atoms with Crippen molar-refractivity contribution in [1.82, 2.24) is 10.2 Å². The molecule has 0 aliphatic carbocycles. The first-order valence-electron chi connectivity index (χ1n) is 8.53. The maximum Gasteiger partial charge on any atom is 0.335 e. The van der Waals surface area contributed by atoms with Gasteiger partial charge >= 0.3 is 5.97 Å². The Morgan fingerprint density at radius 3 is 2.64 bits per heavy atom. The Morgan fingerprint density at radius 1 is 1.28 bits per heavy atom. The van der Waals surface area contributed by atoms with Gasteiger partial charge in [-0.2, -0.15) is 0 Å². The summed E-state index contributed by atoms with van der Waals surface area (Å²) in [5.74, 6) is -0.568. The third kappa shape index (κ3) is 5.48. The fourth-order valence-electron chi connectivity index (χ4n) is 2.82. The van der Waals surface area contributed by atoms with Gasteiger partial charge in [-0.1, -0.05) is 6.92 Å². The Kier molecular flexibility index (Phi) is 6.80. The van der Waals surface area contributed by atoms with Gasteiger partial charge in [0.15, 0.2) is 0 Å². The van der Waals surface area contributed by atoms with Gasteiger partial charge < -0.3 is 20.1 Å². The van der Waals surface area contributed by atoms with E-state index in [4.69, 9.17) is 9.84 Å². The molecule has 0 bridgehead atoms. The quantitative estimate of drug-likeness (QED) is 0.729. The number of aromatic carboxylic acids is 1. The predicted molar refractivity (Wildman–Crippen MR) is 91.5 cm³/mol. The zero-order valence-corrected chi connectivity index (χ0v) is 14.4. The molecule has 2 N–H and O–H groups in total. The van der Waals surface area contributed by atoms with Crippen LogP contribution in [0.25, 0.3) is 0 Å². The second kappa shape index (κ2) is 9.05. The molecular weight excluding hydrogens is 324 g/mol. The van der Waals surface area contributed by atoms with Crippen LogP contribution in [0, 0.1) is 5.92 Å². The maximum absolute atomic E-state index is 12.2. The molecule has 0 radical (unpaired) electrons. The molecule has 25 heavy (non-hydrogen) atoms. The Morgan fingerprint density at radius 2 is 2.00 bits per heavy atom. The van der Waals surface area contributed by atoms with Crippen molar-refractivity contribution < 1.29 is 24.2 Å². The SMILES string of the molecule is CCC(=O)N1CCC[C@H](C(=O)NCCOc2ccc(C(=O)O)cc2)C1. The first-order valence-corrected chi connectivity index (χ1v) is 8.53. The van der Waals surface area contributed by atoms with Crippen LogP contribution in [0.15, 0.2) is 24.3 Å². The van der Waals surface area contributed by atoms with Crippen LogP contribution in [0.3, 0.4) is 0 Å². The average molecular weight is 348 g/mol. The molecular formula is C18H24N2O5. The van der Waals surface area contributed by atoms with Gasteiger partial charge in [-0.15, -0.1) is 0 Å². The minimum absolute atomic E-state index is 0.0570. The third-order valence-corrected chi connectivity index (χ3v) is 4.22. The lowest BCUT2D eigenvalue weighted by Crippen LogP contribution is -2.45. The molecule has 1 aliphatic rings. The highest BCUT2D eigenvalue weighted by Gasteiger charge is 2.27. The van der Waals surface area contributed by atoms with E-state index in [-0.39, 0.29) is 23.3 Å². The van der Waals surface area contributed by atoms with E-state index >= 15 is 0 Å². The molecule has 1 aromatic carbocycles. The number of hydrogen-bond acceptors (Lipinski definition) is 4. The Bertz CT molecular complexity index is 614. The smallest absolute Gasteiger partial charge is 0.335 e. The zero-order chi connectivity index (χ0) is 18.2. The van der Waals surface area contributed by atoms with Crippen molar-refractivity contribution in [3.63, 3.8) is 0 Å². The number of carbonyl (C=O) groups excluding carboxylic acids is 2. The van der Waals surface area contributed by atoms with Crippen molar-refractivity contribution in [2.75, 3.05) is 26.2 Å². The number of nitrogens with one attached hydrogen (secondary N) is 1. The number of amides is 2. The van der Waals surface area contributed by atoms with Gasteiger partial charge in [-0.05, 0) is 37.1 Å². The summed E-state index contributed by atoms with van der Waals surface area (Å²) in [5, 5.41) is 11.7. The molecule has 0 saturated carbocycles. The summed E-state index contributed by atoms with van der Waals surface area (Å²) in [5.41, 5.74) is 0.198. The fourth-order valence-corrected chi connectivity index (χ4v) is 2.82. The van der Waals surface area contributed by atoms with E-state index in [2.05, 4.69) is 5.32 Å². The standard InChI is InChI=1S/C18H24N2O5/c1-2-16(21)20-10-3-4-14(12-20)17(22)19-9-11-25-15-7-5-13(6-8-15)18(23)24/h5-8,14H,2-4,9-12H2,1H3,(H,19,22)(H,23,24)/t14-/m0/s1. The molecule has 1 atom stereocenters. The molecule has 2 rings (SSSR count). The lowest BCUT2D eigenvalue weighted by molar-refractivity contribution is -0.135. The Labute approximate surface area is 147 Å². The molecule has 1 fully saturated rings. The molecule has 1 aliphatic heterocycles. The third-order valence-electron chi connectivity index (χ3n) is 4.22. The molecule has 0 spiro atoms. The second-order valence-electron chi connectivity index (χ2n) is 6.00. The van der Waals surface area contributed by atoms with Crippen LogP contribution < -0.4 is 10.1 Å². The van der Waals surface area contributed by atoms with Gasteiger partial charge in [0.25, 0.3) is 0 Å². The van der Waals surface area contributed by atoms with Crippen molar-refractivity contribution in [2.45, 2.75) is 26.2 Å². The summed E-state index contributed by atoms with van der Waals surface area (Å²) in [6, 6.07) is 6.11. The van der Waals surface area contributed by atoms with Gasteiger partial charge in [0, 0.05) is 19.5 Å². The number of piperidine rings is 1.